The number of hydrogen-bond donors (Lipinski definition) is 2. The predicted molar refractivity (Wildman–Crippen MR) is 119 cm³/mol. The number of nitrogens with zero attached hydrogens (tertiary/aromatic N) is 2. The zero-order valence-corrected chi connectivity index (χ0v) is 19.4. The van der Waals surface area contributed by atoms with Crippen LogP contribution in [0.1, 0.15) is 0 Å². The van der Waals surface area contributed by atoms with Crippen molar-refractivity contribution in [2.24, 2.45) is 0 Å². The molecule has 0 aromatic heterocycles. The summed E-state index contributed by atoms with van der Waals surface area (Å²) in [6, 6.07) is 9.14. The molecule has 0 aliphatic heterocycles. The van der Waals surface area contributed by atoms with Gasteiger partial charge in [0.15, 0.2) is 0 Å². The molecule has 0 heterocycles. The van der Waals surface area contributed by atoms with Crippen LogP contribution in [0.25, 0.3) is 0 Å². The number of rotatable bonds is 9. The Labute approximate surface area is 200 Å². The minimum Gasteiger partial charge on any atom is -0.378 e. The maximum atomic E-state index is 14.2. The van der Waals surface area contributed by atoms with Crippen LogP contribution < -0.4 is 20.4 Å². The van der Waals surface area contributed by atoms with Crippen LogP contribution in [0, 0.1) is 0 Å². The van der Waals surface area contributed by atoms with Gasteiger partial charge in [0.05, 0.1) is 0 Å². The van der Waals surface area contributed by atoms with Crippen LogP contribution in [0.3, 0.4) is 0 Å². The molecule has 14 heteroatoms. The summed E-state index contributed by atoms with van der Waals surface area (Å²) in [5, 5.41) is 2.58. The third kappa shape index (κ3) is 5.16. The van der Waals surface area contributed by atoms with Crippen LogP contribution in [0.4, 0.5) is 57.9 Å². The molecule has 0 spiro atoms. The van der Waals surface area contributed by atoms with Crippen molar-refractivity contribution in [3.8, 4) is 0 Å². The Morgan fingerprint density at radius 3 is 1.03 bits per heavy atom. The van der Waals surface area contributed by atoms with E-state index in [0.29, 0.717) is 11.4 Å². The van der Waals surface area contributed by atoms with Crippen molar-refractivity contribution in [2.45, 2.75) is 23.7 Å². The fourth-order valence-electron chi connectivity index (χ4n) is 2.78. The first-order valence-corrected chi connectivity index (χ1v) is 10.0. The summed E-state index contributed by atoms with van der Waals surface area (Å²) in [6.07, 6.45) is 0. The summed E-state index contributed by atoms with van der Waals surface area (Å²) in [5.74, 6) is -32.6. The highest BCUT2D eigenvalue weighted by Crippen LogP contribution is 2.53. The molecule has 2 aromatic rings. The fourth-order valence-corrected chi connectivity index (χ4v) is 2.78. The van der Waals surface area contributed by atoms with Gasteiger partial charge in [-0.3, -0.25) is 9.59 Å². The van der Waals surface area contributed by atoms with E-state index in [1.54, 1.807) is 38.0 Å². The predicted octanol–water partition coefficient (Wildman–Crippen LogP) is 4.94. The van der Waals surface area contributed by atoms with Crippen LogP contribution in [-0.2, 0) is 9.59 Å². The highest BCUT2D eigenvalue weighted by Gasteiger charge is 2.84. The SMILES string of the molecule is CN(C)c1ccc(NC(=O)C(F)(F)C(F)(F)C(F)(F)C(F)(F)C(=O)Nc2ccc(N(C)C)cc2)cc1. The molecular weight excluding hydrogens is 504 g/mol. The van der Waals surface area contributed by atoms with E-state index in [1.807, 2.05) is 0 Å². The van der Waals surface area contributed by atoms with Crippen molar-refractivity contribution in [3.63, 3.8) is 0 Å². The normalized spacial score (nSPS) is 12.7. The molecule has 2 N–H and O–H groups in total. The van der Waals surface area contributed by atoms with E-state index >= 15 is 0 Å². The van der Waals surface area contributed by atoms with Gasteiger partial charge in [-0.1, -0.05) is 0 Å². The Hall–Kier alpha value is -3.58. The number of nitrogens with one attached hydrogen (secondary N) is 2. The van der Waals surface area contributed by atoms with Crippen LogP contribution >= 0.6 is 0 Å². The fraction of sp³-hybridized carbons (Fsp3) is 0.364. The first-order valence-electron chi connectivity index (χ1n) is 10.0. The molecule has 2 rings (SSSR count). The van der Waals surface area contributed by atoms with Gasteiger partial charge >= 0.3 is 35.5 Å². The van der Waals surface area contributed by atoms with Gasteiger partial charge in [0, 0.05) is 50.9 Å². The van der Waals surface area contributed by atoms with Crippen LogP contribution in [0.5, 0.6) is 0 Å². The van der Waals surface area contributed by atoms with Crippen molar-refractivity contribution in [1.29, 1.82) is 0 Å². The zero-order valence-electron chi connectivity index (χ0n) is 19.4. The van der Waals surface area contributed by atoms with Crippen molar-refractivity contribution < 1.29 is 44.7 Å². The summed E-state index contributed by atoms with van der Waals surface area (Å²) >= 11 is 0. The molecule has 0 aliphatic carbocycles. The number of alkyl halides is 8. The lowest BCUT2D eigenvalue weighted by Crippen LogP contribution is -2.67. The number of hydrogen-bond acceptors (Lipinski definition) is 4. The topological polar surface area (TPSA) is 64.7 Å². The van der Waals surface area contributed by atoms with Gasteiger partial charge in [-0.2, -0.15) is 35.1 Å². The zero-order chi connectivity index (χ0) is 27.7. The number of benzene rings is 2. The maximum Gasteiger partial charge on any atom is 0.393 e. The molecule has 6 nitrogen and oxygen atoms in total. The summed E-state index contributed by atoms with van der Waals surface area (Å²) in [4.78, 5) is 26.7. The quantitative estimate of drug-likeness (QED) is 0.455. The van der Waals surface area contributed by atoms with E-state index in [4.69, 9.17) is 0 Å². The Morgan fingerprint density at radius 1 is 0.556 bits per heavy atom. The lowest BCUT2D eigenvalue weighted by molar-refractivity contribution is -0.345. The number of carbonyl (C=O) groups is 2. The van der Waals surface area contributed by atoms with Crippen LogP contribution in [0.2, 0.25) is 0 Å². The molecule has 2 amide bonds. The standard InChI is InChI=1S/C22H22F8N4O2/c1-33(2)15-9-5-13(6-10-15)31-17(35)19(23,24)21(27,28)22(29,30)20(25,26)18(36)32-14-7-11-16(12-8-14)34(3)4/h5-12H,1-4H3,(H,31,35)(H,32,36). The largest absolute Gasteiger partial charge is 0.393 e. The lowest BCUT2D eigenvalue weighted by atomic mass is 9.97. The third-order valence-electron chi connectivity index (χ3n) is 5.04. The van der Waals surface area contributed by atoms with Gasteiger partial charge in [-0.15, -0.1) is 0 Å². The molecule has 0 unspecified atom stereocenters. The smallest absolute Gasteiger partial charge is 0.378 e. The second-order valence-corrected chi connectivity index (χ2v) is 8.09. The van der Waals surface area contributed by atoms with E-state index in [2.05, 4.69) is 0 Å². The first-order chi connectivity index (χ1) is 16.4. The number of amides is 2. The summed E-state index contributed by atoms with van der Waals surface area (Å²) in [6.45, 7) is 0. The average molecular weight is 526 g/mol. The molecule has 0 bridgehead atoms. The van der Waals surface area contributed by atoms with E-state index in [0.717, 1.165) is 24.3 Å². The molecular formula is C22H22F8N4O2. The lowest BCUT2D eigenvalue weighted by Gasteiger charge is -2.35. The number of halogens is 8. The molecule has 198 valence electrons. The molecule has 0 radical (unpaired) electrons. The molecule has 0 atom stereocenters. The van der Waals surface area contributed by atoms with E-state index in [1.165, 1.54) is 34.9 Å². The van der Waals surface area contributed by atoms with Crippen LogP contribution in [-0.4, -0.2) is 63.7 Å². The van der Waals surface area contributed by atoms with E-state index in [9.17, 15) is 44.7 Å². The van der Waals surface area contributed by atoms with Crippen LogP contribution in [0.15, 0.2) is 48.5 Å². The van der Waals surface area contributed by atoms with Crippen molar-refractivity contribution in [2.75, 3.05) is 48.6 Å². The van der Waals surface area contributed by atoms with E-state index in [-0.39, 0.29) is 0 Å². The Bertz CT molecular complexity index is 1000. The Kier molecular flexibility index (Phi) is 7.81. The second kappa shape index (κ2) is 9.82. The summed E-state index contributed by atoms with van der Waals surface area (Å²) in [7, 11) is 6.44. The third-order valence-corrected chi connectivity index (χ3v) is 5.04. The monoisotopic (exact) mass is 526 g/mol. The van der Waals surface area contributed by atoms with E-state index < -0.39 is 46.9 Å². The molecule has 2 aromatic carbocycles. The van der Waals surface area contributed by atoms with Gasteiger partial charge in [-0.25, -0.2) is 0 Å². The van der Waals surface area contributed by atoms with Crippen molar-refractivity contribution >= 4 is 34.6 Å². The highest BCUT2D eigenvalue weighted by molar-refractivity contribution is 5.99. The highest BCUT2D eigenvalue weighted by atomic mass is 19.4. The Morgan fingerprint density at radius 2 is 0.806 bits per heavy atom. The number of carbonyl (C=O) groups excluding carboxylic acids is 2. The molecule has 36 heavy (non-hydrogen) atoms. The van der Waals surface area contributed by atoms with Gasteiger partial charge < -0.3 is 20.4 Å². The minimum atomic E-state index is -6.97. The average Bonchev–Trinajstić information content (AvgIpc) is 2.79. The molecule has 0 saturated heterocycles. The van der Waals surface area contributed by atoms with Crippen molar-refractivity contribution in [1.82, 2.24) is 0 Å². The van der Waals surface area contributed by atoms with Crippen molar-refractivity contribution in [3.05, 3.63) is 48.5 Å². The molecule has 0 saturated carbocycles. The maximum absolute atomic E-state index is 14.2. The first kappa shape index (κ1) is 28.7. The second-order valence-electron chi connectivity index (χ2n) is 8.09. The van der Waals surface area contributed by atoms with Gasteiger partial charge in [0.25, 0.3) is 0 Å². The van der Waals surface area contributed by atoms with Gasteiger partial charge in [0.1, 0.15) is 0 Å². The summed E-state index contributed by atoms with van der Waals surface area (Å²) < 4.78 is 114. The minimum absolute atomic E-state index is 0.491. The van der Waals surface area contributed by atoms with Gasteiger partial charge in [-0.05, 0) is 48.5 Å². The van der Waals surface area contributed by atoms with Gasteiger partial charge in [0.2, 0.25) is 0 Å². The number of anilines is 4. The molecule has 0 fully saturated rings. The Balaban J connectivity index is 2.27. The molecule has 0 aliphatic rings. The summed E-state index contributed by atoms with van der Waals surface area (Å²) in [5.41, 5.74) is 0.0439.